The van der Waals surface area contributed by atoms with E-state index in [-0.39, 0.29) is 5.88 Å². The van der Waals surface area contributed by atoms with Crippen LogP contribution in [0, 0.1) is 6.92 Å². The van der Waals surface area contributed by atoms with E-state index in [1.807, 2.05) is 0 Å². The van der Waals surface area contributed by atoms with Gasteiger partial charge in [-0.15, -0.1) is 0 Å². The molecule has 0 fully saturated rings. The van der Waals surface area contributed by atoms with Crippen molar-refractivity contribution in [2.24, 2.45) is 0 Å². The highest BCUT2D eigenvalue weighted by molar-refractivity contribution is 9.10. The molecule has 0 unspecified atom stereocenters. The summed E-state index contributed by atoms with van der Waals surface area (Å²) in [7, 11) is 0. The van der Waals surface area contributed by atoms with Gasteiger partial charge < -0.3 is 4.74 Å². The second-order valence-electron chi connectivity index (χ2n) is 2.12. The summed E-state index contributed by atoms with van der Waals surface area (Å²) in [5.41, 5.74) is -0.133. The molecule has 3 nitrogen and oxygen atoms in total. The zero-order valence-corrected chi connectivity index (χ0v) is 8.52. The number of halogens is 2. The topological polar surface area (TPSA) is 39.2 Å². The van der Waals surface area contributed by atoms with Crippen LogP contribution in [0.4, 0.5) is 4.79 Å². The number of hydrogen-bond donors (Lipinski definition) is 0. The molecule has 0 aliphatic carbocycles. The van der Waals surface area contributed by atoms with E-state index in [4.69, 9.17) is 11.6 Å². The number of nitrogens with zero attached hydrogens (tertiary/aromatic N) is 1. The highest BCUT2D eigenvalue weighted by Crippen LogP contribution is 2.19. The molecule has 64 valence electrons. The zero-order valence-electron chi connectivity index (χ0n) is 6.17. The van der Waals surface area contributed by atoms with Crippen LogP contribution in [0.1, 0.15) is 5.56 Å². The van der Waals surface area contributed by atoms with Gasteiger partial charge in [-0.2, -0.15) is 0 Å². The molecule has 1 rings (SSSR count). The molecule has 1 aromatic heterocycles. The molecule has 0 saturated heterocycles. The first kappa shape index (κ1) is 9.48. The number of aryl methyl sites for hydroxylation is 1. The molecular formula is C7H5BrClNO2. The number of pyridine rings is 1. The minimum Gasteiger partial charge on any atom is -0.395 e. The Balaban J connectivity index is 2.93. The van der Waals surface area contributed by atoms with E-state index >= 15 is 0 Å². The van der Waals surface area contributed by atoms with Gasteiger partial charge in [-0.05, 0) is 28.9 Å². The summed E-state index contributed by atoms with van der Waals surface area (Å²) in [5.74, 6) is 0.234. The highest BCUT2D eigenvalue weighted by Gasteiger charge is 2.05. The Morgan fingerprint density at radius 1 is 1.75 bits per heavy atom. The van der Waals surface area contributed by atoms with Crippen molar-refractivity contribution in [3.8, 4) is 5.88 Å². The van der Waals surface area contributed by atoms with Crippen molar-refractivity contribution in [3.63, 3.8) is 0 Å². The summed E-state index contributed by atoms with van der Waals surface area (Å²) >= 11 is 8.24. The molecule has 0 saturated carbocycles. The average Bonchev–Trinajstić information content (AvgIpc) is 1.94. The Kier molecular flexibility index (Phi) is 3.05. The molecule has 0 atom stereocenters. The van der Waals surface area contributed by atoms with Gasteiger partial charge in [-0.25, -0.2) is 9.78 Å². The van der Waals surface area contributed by atoms with E-state index in [0.717, 1.165) is 10.0 Å². The summed E-state index contributed by atoms with van der Waals surface area (Å²) in [6.07, 6.45) is 1.53. The fourth-order valence-corrected chi connectivity index (χ4v) is 1.23. The predicted octanol–water partition coefficient (Wildman–Crippen LogP) is 2.89. The Morgan fingerprint density at radius 2 is 2.42 bits per heavy atom. The van der Waals surface area contributed by atoms with E-state index in [1.165, 1.54) is 6.20 Å². The molecule has 12 heavy (non-hydrogen) atoms. The lowest BCUT2D eigenvalue weighted by Crippen LogP contribution is -1.99. The summed E-state index contributed by atoms with van der Waals surface area (Å²) in [5, 5.41) is 0. The Morgan fingerprint density at radius 3 is 2.92 bits per heavy atom. The van der Waals surface area contributed by atoms with Crippen molar-refractivity contribution >= 4 is 33.0 Å². The molecule has 0 aromatic carbocycles. The second-order valence-corrected chi connectivity index (χ2v) is 3.34. The third-order valence-electron chi connectivity index (χ3n) is 1.17. The summed E-state index contributed by atoms with van der Waals surface area (Å²) in [6.45, 7) is 1.77. The van der Waals surface area contributed by atoms with E-state index in [0.29, 0.717) is 0 Å². The van der Waals surface area contributed by atoms with Gasteiger partial charge in [-0.1, -0.05) is 0 Å². The van der Waals surface area contributed by atoms with Crippen LogP contribution in [0.15, 0.2) is 16.7 Å². The normalized spacial score (nSPS) is 9.58. The van der Waals surface area contributed by atoms with Crippen molar-refractivity contribution < 1.29 is 9.53 Å². The van der Waals surface area contributed by atoms with Crippen LogP contribution in [-0.4, -0.2) is 10.4 Å². The molecule has 0 spiro atoms. The highest BCUT2D eigenvalue weighted by atomic mass is 79.9. The van der Waals surface area contributed by atoms with Crippen molar-refractivity contribution in [2.45, 2.75) is 6.92 Å². The van der Waals surface area contributed by atoms with Gasteiger partial charge in [0.05, 0.1) is 0 Å². The number of carbonyl (C=O) groups excluding carboxylic acids is 1. The molecule has 0 N–H and O–H groups in total. The largest absolute Gasteiger partial charge is 0.410 e. The lowest BCUT2D eigenvalue weighted by Gasteiger charge is -2.01. The third-order valence-corrected chi connectivity index (χ3v) is 1.68. The smallest absolute Gasteiger partial charge is 0.395 e. The number of carbonyl (C=O) groups is 1. The molecule has 0 radical (unpaired) electrons. The minimum absolute atomic E-state index is 0.234. The SMILES string of the molecule is Cc1cc(Br)cnc1OC(=O)Cl. The van der Waals surface area contributed by atoms with Crippen LogP contribution < -0.4 is 4.74 Å². The third kappa shape index (κ3) is 2.46. The van der Waals surface area contributed by atoms with Gasteiger partial charge >= 0.3 is 5.43 Å². The number of rotatable bonds is 1. The van der Waals surface area contributed by atoms with Gasteiger partial charge in [-0.3, -0.25) is 0 Å². The molecule has 1 heterocycles. The van der Waals surface area contributed by atoms with Gasteiger partial charge in [0.25, 0.3) is 0 Å². The summed E-state index contributed by atoms with van der Waals surface area (Å²) in [6, 6.07) is 1.78. The molecule has 1 aromatic rings. The predicted molar refractivity (Wildman–Crippen MR) is 48.6 cm³/mol. The van der Waals surface area contributed by atoms with Crippen LogP contribution in [0.25, 0.3) is 0 Å². The van der Waals surface area contributed by atoms with Crippen molar-refractivity contribution in [1.82, 2.24) is 4.98 Å². The van der Waals surface area contributed by atoms with Crippen molar-refractivity contribution in [2.75, 3.05) is 0 Å². The van der Waals surface area contributed by atoms with E-state index < -0.39 is 5.43 Å². The fraction of sp³-hybridized carbons (Fsp3) is 0.143. The lowest BCUT2D eigenvalue weighted by atomic mass is 10.3. The van der Waals surface area contributed by atoms with Crippen LogP contribution in [0.5, 0.6) is 5.88 Å². The number of hydrogen-bond acceptors (Lipinski definition) is 3. The monoisotopic (exact) mass is 249 g/mol. The molecule has 0 amide bonds. The van der Waals surface area contributed by atoms with Crippen LogP contribution in [0.3, 0.4) is 0 Å². The molecular weight excluding hydrogens is 245 g/mol. The molecule has 0 bridgehead atoms. The van der Waals surface area contributed by atoms with Crippen LogP contribution >= 0.6 is 27.5 Å². The maximum Gasteiger partial charge on any atom is 0.410 e. The van der Waals surface area contributed by atoms with E-state index in [2.05, 4.69) is 25.7 Å². The lowest BCUT2D eigenvalue weighted by molar-refractivity contribution is 0.223. The Labute approximate surface area is 82.8 Å². The van der Waals surface area contributed by atoms with E-state index in [9.17, 15) is 4.79 Å². The molecule has 5 heteroatoms. The Hall–Kier alpha value is -0.610. The van der Waals surface area contributed by atoms with Crippen molar-refractivity contribution in [3.05, 3.63) is 22.3 Å². The average molecular weight is 250 g/mol. The first-order valence-electron chi connectivity index (χ1n) is 3.09. The van der Waals surface area contributed by atoms with Crippen LogP contribution in [0.2, 0.25) is 0 Å². The molecule has 0 aliphatic rings. The first-order chi connectivity index (χ1) is 5.59. The quantitative estimate of drug-likeness (QED) is 0.720. The maximum absolute atomic E-state index is 10.3. The van der Waals surface area contributed by atoms with Crippen molar-refractivity contribution in [1.29, 1.82) is 0 Å². The Bertz CT molecular complexity index is 316. The van der Waals surface area contributed by atoms with Gasteiger partial charge in [0.1, 0.15) is 0 Å². The van der Waals surface area contributed by atoms with Crippen LogP contribution in [-0.2, 0) is 0 Å². The van der Waals surface area contributed by atoms with Gasteiger partial charge in [0.2, 0.25) is 5.88 Å². The zero-order chi connectivity index (χ0) is 9.14. The second kappa shape index (κ2) is 3.87. The van der Waals surface area contributed by atoms with Gasteiger partial charge in [0.15, 0.2) is 0 Å². The van der Waals surface area contributed by atoms with E-state index in [1.54, 1.807) is 13.0 Å². The summed E-state index contributed by atoms with van der Waals surface area (Å²) < 4.78 is 5.42. The van der Waals surface area contributed by atoms with Gasteiger partial charge in [0, 0.05) is 27.8 Å². The first-order valence-corrected chi connectivity index (χ1v) is 4.26. The number of ether oxygens (including phenoxy) is 1. The number of aromatic nitrogens is 1. The minimum atomic E-state index is -0.882. The standard InChI is InChI=1S/C7H5BrClNO2/c1-4-2-5(8)3-10-6(4)12-7(9)11/h2-3H,1H3. The maximum atomic E-state index is 10.3. The summed E-state index contributed by atoms with van der Waals surface area (Å²) in [4.78, 5) is 14.2. The molecule has 0 aliphatic heterocycles. The fourth-order valence-electron chi connectivity index (χ4n) is 0.711.